The van der Waals surface area contributed by atoms with Crippen LogP contribution in [-0.2, 0) is 0 Å². The van der Waals surface area contributed by atoms with Crippen molar-refractivity contribution in [3.05, 3.63) is 11.1 Å². The Kier molecular flexibility index (Phi) is 3.58. The molecule has 0 aliphatic carbocycles. The van der Waals surface area contributed by atoms with Crippen LogP contribution in [0.5, 0.6) is 0 Å². The third-order valence-electron chi connectivity index (χ3n) is 0.527. The molecule has 0 atom stereocenters. The van der Waals surface area contributed by atoms with Gasteiger partial charge in [0.2, 0.25) is 0 Å². The van der Waals surface area contributed by atoms with Crippen molar-refractivity contribution < 1.29 is 13.2 Å². The summed E-state index contributed by atoms with van der Waals surface area (Å²) < 4.78 is 34.2. The van der Waals surface area contributed by atoms with Crippen molar-refractivity contribution in [2.45, 2.75) is 6.18 Å². The van der Waals surface area contributed by atoms with E-state index in [2.05, 4.69) is 15.9 Å². The van der Waals surface area contributed by atoms with Crippen LogP contribution in [0.2, 0.25) is 0 Å². The lowest BCUT2D eigenvalue weighted by atomic mass is 10.5. The highest BCUT2D eigenvalue weighted by atomic mass is 79.9. The highest BCUT2D eigenvalue weighted by Crippen LogP contribution is 2.28. The molecule has 0 aromatic heterocycles. The first-order chi connectivity index (χ1) is 3.98. The van der Waals surface area contributed by atoms with Crippen LogP contribution in [0.1, 0.15) is 0 Å². The van der Waals surface area contributed by atoms with Gasteiger partial charge in [-0.25, -0.2) is 0 Å². The molecule has 9 heavy (non-hydrogen) atoms. The largest absolute Gasteiger partial charge is 0.426 e. The average Bonchev–Trinajstić information content (AvgIpc) is 1.64. The van der Waals surface area contributed by atoms with E-state index in [0.29, 0.717) is 0 Å². The van der Waals surface area contributed by atoms with Gasteiger partial charge in [0, 0.05) is 5.33 Å². The van der Waals surface area contributed by atoms with Crippen molar-refractivity contribution in [1.82, 2.24) is 0 Å². The zero-order valence-electron chi connectivity index (χ0n) is 4.17. The summed E-state index contributed by atoms with van der Waals surface area (Å²) in [4.78, 5) is 0. The predicted molar refractivity (Wildman–Crippen MR) is 33.8 cm³/mol. The smallest absolute Gasteiger partial charge is 0.165 e. The molecule has 54 valence electrons. The molecular formula is C4H3BrClF3. The Morgan fingerprint density at radius 3 is 2.11 bits per heavy atom. The SMILES string of the molecule is FC(F)(F)/C(Cl)=C\CBr. The number of alkyl halides is 4. The third-order valence-corrected chi connectivity index (χ3v) is 1.22. The lowest BCUT2D eigenvalue weighted by molar-refractivity contribution is -0.0846. The molecule has 0 spiro atoms. The molecule has 0 bridgehead atoms. The zero-order chi connectivity index (χ0) is 7.49. The second-order valence-corrected chi connectivity index (χ2v) is 2.26. The Bertz CT molecular complexity index is 117. The fourth-order valence-electron chi connectivity index (χ4n) is 0.183. The quantitative estimate of drug-likeness (QED) is 0.599. The number of halogens is 5. The van der Waals surface area contributed by atoms with Gasteiger partial charge in [0.25, 0.3) is 0 Å². The van der Waals surface area contributed by atoms with Crippen molar-refractivity contribution in [3.8, 4) is 0 Å². The van der Waals surface area contributed by atoms with Crippen molar-refractivity contribution in [2.24, 2.45) is 0 Å². The Morgan fingerprint density at radius 1 is 1.56 bits per heavy atom. The summed E-state index contributed by atoms with van der Waals surface area (Å²) in [6.07, 6.45) is -3.54. The Hall–Kier alpha value is 0.300. The standard InChI is InChI=1S/C4H3BrClF3/c5-2-1-3(6)4(7,8)9/h1H,2H2/b3-1+. The van der Waals surface area contributed by atoms with E-state index in [0.717, 1.165) is 6.08 Å². The molecule has 0 aliphatic heterocycles. The van der Waals surface area contributed by atoms with Gasteiger partial charge >= 0.3 is 6.18 Å². The molecule has 0 saturated heterocycles. The minimum Gasteiger partial charge on any atom is -0.165 e. The van der Waals surface area contributed by atoms with Crippen LogP contribution in [-0.4, -0.2) is 11.5 Å². The highest BCUT2D eigenvalue weighted by Gasteiger charge is 2.31. The summed E-state index contributed by atoms with van der Waals surface area (Å²) in [7, 11) is 0. The number of rotatable bonds is 1. The van der Waals surface area contributed by atoms with Gasteiger partial charge in [-0.05, 0) is 0 Å². The molecule has 0 amide bonds. The topological polar surface area (TPSA) is 0 Å². The summed E-state index contributed by atoms with van der Waals surface area (Å²) in [6.45, 7) is 0. The molecule has 0 unspecified atom stereocenters. The summed E-state index contributed by atoms with van der Waals surface area (Å²) in [5.74, 6) is 0. The predicted octanol–water partition coefficient (Wildman–Crippen LogP) is 3.07. The van der Waals surface area contributed by atoms with E-state index in [-0.39, 0.29) is 5.33 Å². The van der Waals surface area contributed by atoms with Crippen LogP contribution >= 0.6 is 27.5 Å². The highest BCUT2D eigenvalue weighted by molar-refractivity contribution is 9.09. The van der Waals surface area contributed by atoms with Crippen molar-refractivity contribution in [1.29, 1.82) is 0 Å². The van der Waals surface area contributed by atoms with Gasteiger partial charge in [0.15, 0.2) is 0 Å². The second-order valence-electron chi connectivity index (χ2n) is 1.20. The molecule has 0 rings (SSSR count). The first-order valence-electron chi connectivity index (χ1n) is 1.97. The number of allylic oxidation sites excluding steroid dienone is 2. The first-order valence-corrected chi connectivity index (χ1v) is 3.47. The number of hydrogen-bond acceptors (Lipinski definition) is 0. The fraction of sp³-hybridized carbons (Fsp3) is 0.500. The van der Waals surface area contributed by atoms with E-state index in [4.69, 9.17) is 11.6 Å². The maximum atomic E-state index is 11.4. The molecular weight excluding hydrogens is 220 g/mol. The van der Waals surface area contributed by atoms with Gasteiger partial charge in [0.05, 0.1) is 0 Å². The summed E-state index contributed by atoms with van der Waals surface area (Å²) in [5, 5.41) is -0.968. The van der Waals surface area contributed by atoms with Gasteiger partial charge in [0.1, 0.15) is 5.03 Å². The van der Waals surface area contributed by atoms with E-state index in [1.54, 1.807) is 0 Å². The molecule has 0 radical (unpaired) electrons. The van der Waals surface area contributed by atoms with Gasteiger partial charge in [-0.2, -0.15) is 13.2 Å². The van der Waals surface area contributed by atoms with Crippen LogP contribution in [0.15, 0.2) is 11.1 Å². The van der Waals surface area contributed by atoms with Crippen LogP contribution in [0.3, 0.4) is 0 Å². The average molecular weight is 223 g/mol. The van der Waals surface area contributed by atoms with Gasteiger partial charge in [-0.1, -0.05) is 33.6 Å². The van der Waals surface area contributed by atoms with E-state index >= 15 is 0 Å². The number of hydrogen-bond donors (Lipinski definition) is 0. The fourth-order valence-corrected chi connectivity index (χ4v) is 0.771. The molecule has 0 aromatic carbocycles. The normalized spacial score (nSPS) is 14.1. The van der Waals surface area contributed by atoms with E-state index in [1.165, 1.54) is 0 Å². The molecule has 5 heteroatoms. The molecule has 0 heterocycles. The maximum Gasteiger partial charge on any atom is 0.426 e. The molecule has 0 saturated carbocycles. The van der Waals surface area contributed by atoms with E-state index < -0.39 is 11.2 Å². The monoisotopic (exact) mass is 222 g/mol. The zero-order valence-corrected chi connectivity index (χ0v) is 6.52. The maximum absolute atomic E-state index is 11.4. The first kappa shape index (κ1) is 9.30. The van der Waals surface area contributed by atoms with E-state index in [9.17, 15) is 13.2 Å². The molecule has 0 aromatic rings. The Balaban J connectivity index is 4.03. The van der Waals surface area contributed by atoms with Crippen LogP contribution in [0.4, 0.5) is 13.2 Å². The van der Waals surface area contributed by atoms with Crippen LogP contribution in [0.25, 0.3) is 0 Å². The minimum absolute atomic E-state index is 0.116. The summed E-state index contributed by atoms with van der Waals surface area (Å²) >= 11 is 7.54. The van der Waals surface area contributed by atoms with Gasteiger partial charge in [-0.15, -0.1) is 0 Å². The molecule has 0 nitrogen and oxygen atoms in total. The Labute approximate surface area is 63.8 Å². The van der Waals surface area contributed by atoms with Crippen LogP contribution < -0.4 is 0 Å². The molecule has 0 fully saturated rings. The Morgan fingerprint density at radius 2 is 2.00 bits per heavy atom. The molecule has 0 aliphatic rings. The lowest BCUT2D eigenvalue weighted by Crippen LogP contribution is -2.06. The van der Waals surface area contributed by atoms with Gasteiger partial charge in [-0.3, -0.25) is 0 Å². The van der Waals surface area contributed by atoms with Gasteiger partial charge < -0.3 is 0 Å². The molecule has 0 N–H and O–H groups in total. The lowest BCUT2D eigenvalue weighted by Gasteiger charge is -2.01. The van der Waals surface area contributed by atoms with Crippen LogP contribution in [0, 0.1) is 0 Å². The minimum atomic E-state index is -4.39. The summed E-state index contributed by atoms with van der Waals surface area (Å²) in [6, 6.07) is 0. The van der Waals surface area contributed by atoms with Crippen molar-refractivity contribution in [3.63, 3.8) is 0 Å². The van der Waals surface area contributed by atoms with E-state index in [1.807, 2.05) is 0 Å². The second kappa shape index (κ2) is 3.46. The van der Waals surface area contributed by atoms with Crippen molar-refractivity contribution >= 4 is 27.5 Å². The van der Waals surface area contributed by atoms with Crippen molar-refractivity contribution in [2.75, 3.05) is 5.33 Å². The summed E-state index contributed by atoms with van der Waals surface area (Å²) in [5.41, 5.74) is 0. The third kappa shape index (κ3) is 3.81.